The number of rotatable bonds is 9. The molecule has 0 aliphatic rings. The fraction of sp³-hybridized carbons (Fsp3) is 0.160. The predicted molar refractivity (Wildman–Crippen MR) is 133 cm³/mol. The summed E-state index contributed by atoms with van der Waals surface area (Å²) in [6.07, 6.45) is 6.98. The van der Waals surface area contributed by atoms with Crippen LogP contribution in [0.4, 0.5) is 13.2 Å². The zero-order chi connectivity index (χ0) is 28.2. The number of alkyl halides is 2. The third kappa shape index (κ3) is 5.46. The molecule has 5 aromatic rings. The first kappa shape index (κ1) is 26.7. The second-order valence-corrected chi connectivity index (χ2v) is 8.77. The lowest BCUT2D eigenvalue weighted by molar-refractivity contribution is -0.615. The molecule has 0 saturated carbocycles. The second kappa shape index (κ2) is 11.5. The summed E-state index contributed by atoms with van der Waals surface area (Å²) >= 11 is 6.02. The van der Waals surface area contributed by atoms with Crippen molar-refractivity contribution in [2.75, 3.05) is 6.61 Å². The maximum Gasteiger partial charge on any atom is 0.345 e. The molecule has 1 unspecified atom stereocenters. The molecule has 0 fully saturated rings. The van der Waals surface area contributed by atoms with E-state index in [1.807, 2.05) is 6.07 Å². The SMILES string of the molecule is N#Cc1cc(-c2cnn(C(CCOC(F)F)c3ccc(-c4c(-n5cnnn5)ccc(Cl)c4F)c[n+]3[O-])c2)ccn1. The molecule has 1 aromatic carbocycles. The van der Waals surface area contributed by atoms with E-state index < -0.39 is 18.5 Å². The normalized spacial score (nSPS) is 12.0. The molecule has 0 saturated heterocycles. The van der Waals surface area contributed by atoms with Crippen LogP contribution >= 0.6 is 11.6 Å². The van der Waals surface area contributed by atoms with Gasteiger partial charge in [-0.05, 0) is 46.3 Å². The van der Waals surface area contributed by atoms with E-state index in [9.17, 15) is 14.0 Å². The maximum absolute atomic E-state index is 15.2. The van der Waals surface area contributed by atoms with Crippen molar-refractivity contribution in [3.05, 3.63) is 94.9 Å². The van der Waals surface area contributed by atoms with E-state index in [2.05, 4.69) is 30.3 Å². The minimum Gasteiger partial charge on any atom is -0.618 e. The van der Waals surface area contributed by atoms with Crippen molar-refractivity contribution < 1.29 is 22.6 Å². The molecule has 0 amide bonds. The number of nitriles is 1. The third-order valence-electron chi connectivity index (χ3n) is 6.01. The summed E-state index contributed by atoms with van der Waals surface area (Å²) in [4.78, 5) is 3.94. The highest BCUT2D eigenvalue weighted by molar-refractivity contribution is 6.31. The summed E-state index contributed by atoms with van der Waals surface area (Å²) in [5.41, 5.74) is 2.00. The molecule has 202 valence electrons. The van der Waals surface area contributed by atoms with E-state index >= 15 is 4.39 Å². The lowest BCUT2D eigenvalue weighted by Crippen LogP contribution is -2.36. The van der Waals surface area contributed by atoms with Gasteiger partial charge in [0.25, 0.3) is 0 Å². The number of benzene rings is 1. The van der Waals surface area contributed by atoms with E-state index in [0.29, 0.717) is 15.9 Å². The largest absolute Gasteiger partial charge is 0.618 e. The number of hydrogen-bond donors (Lipinski definition) is 0. The van der Waals surface area contributed by atoms with Crippen LogP contribution in [0, 0.1) is 22.4 Å². The first-order chi connectivity index (χ1) is 19.4. The smallest absolute Gasteiger partial charge is 0.345 e. The Kier molecular flexibility index (Phi) is 7.67. The van der Waals surface area contributed by atoms with Gasteiger partial charge in [0.1, 0.15) is 24.1 Å². The number of tetrazole rings is 1. The van der Waals surface area contributed by atoms with Gasteiger partial charge in [0.2, 0.25) is 5.69 Å². The number of halogens is 4. The molecule has 40 heavy (non-hydrogen) atoms. The predicted octanol–water partition coefficient (Wildman–Crippen LogP) is 4.10. The van der Waals surface area contributed by atoms with Crippen LogP contribution in [0.2, 0.25) is 5.02 Å². The minimum atomic E-state index is -2.99. The monoisotopic (exact) mass is 567 g/mol. The van der Waals surface area contributed by atoms with Crippen LogP contribution in [0.5, 0.6) is 0 Å². The molecule has 15 heteroatoms. The van der Waals surface area contributed by atoms with Gasteiger partial charge in [0.15, 0.2) is 12.0 Å². The summed E-state index contributed by atoms with van der Waals surface area (Å²) in [6.45, 7) is -3.37. The molecule has 4 aromatic heterocycles. The zero-order valence-corrected chi connectivity index (χ0v) is 21.0. The van der Waals surface area contributed by atoms with Crippen molar-refractivity contribution in [3.63, 3.8) is 0 Å². The average molecular weight is 568 g/mol. The molecular weight excluding hydrogens is 551 g/mol. The van der Waals surface area contributed by atoms with Crippen LogP contribution < -0.4 is 4.73 Å². The number of nitrogens with zero attached hydrogens (tertiary/aromatic N) is 9. The Labute approximate surface area is 229 Å². The number of hydrogen-bond acceptors (Lipinski definition) is 8. The summed E-state index contributed by atoms with van der Waals surface area (Å²) < 4.78 is 48.3. The lowest BCUT2D eigenvalue weighted by atomic mass is 10.0. The van der Waals surface area contributed by atoms with Crippen LogP contribution in [0.25, 0.3) is 27.9 Å². The number of aromatic nitrogens is 8. The third-order valence-corrected chi connectivity index (χ3v) is 6.30. The van der Waals surface area contributed by atoms with Crippen molar-refractivity contribution in [3.8, 4) is 34.0 Å². The molecule has 0 N–H and O–H groups in total. The molecular formula is C25H17ClF3N9O2. The molecule has 11 nitrogen and oxygen atoms in total. The Balaban J connectivity index is 1.54. The first-order valence-corrected chi connectivity index (χ1v) is 12.0. The summed E-state index contributed by atoms with van der Waals surface area (Å²) in [6, 6.07) is 10.2. The Hall–Kier alpha value is -4.87. The van der Waals surface area contributed by atoms with E-state index in [1.54, 1.807) is 18.3 Å². The van der Waals surface area contributed by atoms with Crippen LogP contribution in [-0.4, -0.2) is 48.2 Å². The summed E-state index contributed by atoms with van der Waals surface area (Å²) in [5, 5.41) is 37.5. The van der Waals surface area contributed by atoms with Gasteiger partial charge in [0.05, 0.1) is 34.6 Å². The van der Waals surface area contributed by atoms with Crippen molar-refractivity contribution in [1.29, 1.82) is 5.26 Å². The Morgan fingerprint density at radius 1 is 1.15 bits per heavy atom. The second-order valence-electron chi connectivity index (χ2n) is 8.36. The average Bonchev–Trinajstić information content (AvgIpc) is 3.66. The molecule has 0 radical (unpaired) electrons. The Morgan fingerprint density at radius 3 is 2.73 bits per heavy atom. The number of pyridine rings is 2. The fourth-order valence-corrected chi connectivity index (χ4v) is 4.35. The van der Waals surface area contributed by atoms with Crippen molar-refractivity contribution in [1.82, 2.24) is 35.0 Å². The summed E-state index contributed by atoms with van der Waals surface area (Å²) in [7, 11) is 0. The standard InChI is InChI=1S/C25H17ClF3N9O2/c26-19-2-4-22(37-14-32-34-35-37)23(24(19)27)16-1-3-21(38(39)13-16)20(6-8-40-25(28)29)36-12-17(11-33-36)15-5-7-31-18(9-15)10-30/h1-5,7,9,11-14,20,25H,6,8H2. The van der Waals surface area contributed by atoms with Crippen LogP contribution in [0.1, 0.15) is 23.9 Å². The molecule has 1 atom stereocenters. The van der Waals surface area contributed by atoms with Gasteiger partial charge in [0, 0.05) is 30.4 Å². The highest BCUT2D eigenvalue weighted by atomic mass is 35.5. The van der Waals surface area contributed by atoms with Gasteiger partial charge >= 0.3 is 6.61 Å². The van der Waals surface area contributed by atoms with E-state index in [1.165, 1.54) is 52.4 Å². The first-order valence-electron chi connectivity index (χ1n) is 11.6. The van der Waals surface area contributed by atoms with E-state index in [4.69, 9.17) is 16.9 Å². The molecule has 5 rings (SSSR count). The minimum absolute atomic E-state index is 0.0131. The molecule has 0 spiro atoms. The van der Waals surface area contributed by atoms with E-state index in [0.717, 1.165) is 6.20 Å². The number of ether oxygens (including phenoxy) is 1. The molecule has 4 heterocycles. The van der Waals surface area contributed by atoms with Crippen LogP contribution in [-0.2, 0) is 4.74 Å². The molecule has 0 bridgehead atoms. The summed E-state index contributed by atoms with van der Waals surface area (Å²) in [5.74, 6) is -0.782. The van der Waals surface area contributed by atoms with Gasteiger partial charge in [-0.1, -0.05) is 11.6 Å². The highest BCUT2D eigenvalue weighted by Gasteiger charge is 2.26. The quantitative estimate of drug-likeness (QED) is 0.192. The van der Waals surface area contributed by atoms with E-state index in [-0.39, 0.29) is 46.3 Å². The van der Waals surface area contributed by atoms with Gasteiger partial charge < -0.3 is 9.94 Å². The van der Waals surface area contributed by atoms with Crippen LogP contribution in [0.15, 0.2) is 67.5 Å². The van der Waals surface area contributed by atoms with Gasteiger partial charge in [-0.25, -0.2) is 9.37 Å². The van der Waals surface area contributed by atoms with Crippen LogP contribution in [0.3, 0.4) is 0 Å². The zero-order valence-electron chi connectivity index (χ0n) is 20.3. The van der Waals surface area contributed by atoms with Gasteiger partial charge in [-0.2, -0.15) is 28.6 Å². The maximum atomic E-state index is 15.2. The van der Waals surface area contributed by atoms with Crippen molar-refractivity contribution in [2.45, 2.75) is 19.1 Å². The van der Waals surface area contributed by atoms with Gasteiger partial charge in [-0.3, -0.25) is 4.68 Å². The topological polar surface area (TPSA) is 134 Å². The Bertz CT molecular complexity index is 1690. The fourth-order valence-electron chi connectivity index (χ4n) is 4.19. The Morgan fingerprint density at radius 2 is 2.00 bits per heavy atom. The molecule has 0 aliphatic carbocycles. The molecule has 0 aliphatic heterocycles. The van der Waals surface area contributed by atoms with Gasteiger partial charge in [-0.15, -0.1) is 5.10 Å². The van der Waals surface area contributed by atoms with Crippen molar-refractivity contribution in [2.24, 2.45) is 0 Å². The van der Waals surface area contributed by atoms with Crippen molar-refractivity contribution >= 4 is 11.6 Å². The highest BCUT2D eigenvalue weighted by Crippen LogP contribution is 2.33. The lowest BCUT2D eigenvalue weighted by Gasteiger charge is -2.18.